The lowest BCUT2D eigenvalue weighted by atomic mass is 10.0. The summed E-state index contributed by atoms with van der Waals surface area (Å²) in [7, 11) is 1.39. The molecule has 1 rings (SSSR count). The Balaban J connectivity index is 2.15. The van der Waals surface area contributed by atoms with Crippen molar-refractivity contribution >= 4 is 11.8 Å². The third-order valence-electron chi connectivity index (χ3n) is 2.61. The zero-order valence-corrected chi connectivity index (χ0v) is 10.1. The number of carbonyl (C=O) groups excluding carboxylic acids is 2. The van der Waals surface area contributed by atoms with Crippen molar-refractivity contribution in [2.24, 2.45) is 0 Å². The average Bonchev–Trinajstić information content (AvgIpc) is 2.38. The second-order valence-corrected chi connectivity index (χ2v) is 3.93. The first-order valence-electron chi connectivity index (χ1n) is 5.89. The maximum absolute atomic E-state index is 11.7. The molecule has 0 N–H and O–H groups in total. The predicted octanol–water partition coefficient (Wildman–Crippen LogP) is 2.99. The van der Waals surface area contributed by atoms with Crippen LogP contribution in [-0.4, -0.2) is 18.9 Å². The van der Waals surface area contributed by atoms with Gasteiger partial charge in [-0.05, 0) is 12.8 Å². The van der Waals surface area contributed by atoms with E-state index in [-0.39, 0.29) is 11.8 Å². The summed E-state index contributed by atoms with van der Waals surface area (Å²) in [6, 6.07) is 9.29. The Kier molecular flexibility index (Phi) is 6.00. The van der Waals surface area contributed by atoms with Crippen LogP contribution >= 0.6 is 0 Å². The van der Waals surface area contributed by atoms with E-state index in [0.29, 0.717) is 12.8 Å². The number of hydrogen-bond donors (Lipinski definition) is 0. The normalized spacial score (nSPS) is 9.94. The molecule has 0 unspecified atom stereocenters. The van der Waals surface area contributed by atoms with Gasteiger partial charge in [0.15, 0.2) is 5.78 Å². The fraction of sp³-hybridized carbons (Fsp3) is 0.429. The molecule has 1 aromatic rings. The van der Waals surface area contributed by atoms with Crippen molar-refractivity contribution in [2.45, 2.75) is 32.1 Å². The molecule has 0 aromatic heterocycles. The maximum Gasteiger partial charge on any atom is 0.305 e. The van der Waals surface area contributed by atoms with Crippen molar-refractivity contribution in [3.63, 3.8) is 0 Å². The van der Waals surface area contributed by atoms with Crippen molar-refractivity contribution in [3.8, 4) is 0 Å². The summed E-state index contributed by atoms with van der Waals surface area (Å²) in [4.78, 5) is 22.5. The Morgan fingerprint density at radius 3 is 2.29 bits per heavy atom. The van der Waals surface area contributed by atoms with Gasteiger partial charge in [0, 0.05) is 18.4 Å². The number of rotatable bonds is 7. The van der Waals surface area contributed by atoms with Crippen LogP contribution in [0.3, 0.4) is 0 Å². The van der Waals surface area contributed by atoms with Crippen LogP contribution in [0.5, 0.6) is 0 Å². The smallest absolute Gasteiger partial charge is 0.305 e. The number of benzene rings is 1. The first-order valence-corrected chi connectivity index (χ1v) is 5.89. The number of ketones is 1. The van der Waals surface area contributed by atoms with Gasteiger partial charge in [0.1, 0.15) is 0 Å². The van der Waals surface area contributed by atoms with Crippen LogP contribution in [-0.2, 0) is 9.53 Å². The van der Waals surface area contributed by atoms with Crippen LogP contribution < -0.4 is 0 Å². The average molecular weight is 234 g/mol. The van der Waals surface area contributed by atoms with Crippen molar-refractivity contribution in [1.82, 2.24) is 0 Å². The van der Waals surface area contributed by atoms with E-state index in [4.69, 9.17) is 0 Å². The zero-order chi connectivity index (χ0) is 12.5. The van der Waals surface area contributed by atoms with Gasteiger partial charge in [-0.2, -0.15) is 0 Å². The molecule has 17 heavy (non-hydrogen) atoms. The number of hydrogen-bond acceptors (Lipinski definition) is 3. The molecule has 0 saturated carbocycles. The molecule has 0 spiro atoms. The Morgan fingerprint density at radius 1 is 1.00 bits per heavy atom. The fourth-order valence-electron chi connectivity index (χ4n) is 1.60. The summed E-state index contributed by atoms with van der Waals surface area (Å²) in [6.45, 7) is 0. The number of methoxy groups -OCH3 is 1. The molecule has 0 bridgehead atoms. The van der Waals surface area contributed by atoms with Crippen LogP contribution in [0.1, 0.15) is 42.5 Å². The largest absolute Gasteiger partial charge is 0.469 e. The molecule has 1 aromatic carbocycles. The minimum atomic E-state index is -0.181. The van der Waals surface area contributed by atoms with E-state index >= 15 is 0 Å². The van der Waals surface area contributed by atoms with Crippen molar-refractivity contribution in [3.05, 3.63) is 35.9 Å². The number of ether oxygens (including phenoxy) is 1. The summed E-state index contributed by atoms with van der Waals surface area (Å²) >= 11 is 0. The SMILES string of the molecule is COC(=O)CCCCCC(=O)c1ccccc1. The third-order valence-corrected chi connectivity index (χ3v) is 2.61. The monoisotopic (exact) mass is 234 g/mol. The third kappa shape index (κ3) is 5.29. The van der Waals surface area contributed by atoms with Crippen LogP contribution in [0.4, 0.5) is 0 Å². The van der Waals surface area contributed by atoms with E-state index < -0.39 is 0 Å². The summed E-state index contributed by atoms with van der Waals surface area (Å²) < 4.78 is 4.54. The number of unbranched alkanes of at least 4 members (excludes halogenated alkanes) is 2. The molecule has 0 saturated heterocycles. The molecule has 0 amide bonds. The highest BCUT2D eigenvalue weighted by Gasteiger charge is 2.05. The molecule has 0 aliphatic rings. The molecule has 0 fully saturated rings. The Labute approximate surface area is 102 Å². The Bertz CT molecular complexity index is 357. The molecule has 3 heteroatoms. The molecule has 0 heterocycles. The first-order chi connectivity index (χ1) is 8.24. The second-order valence-electron chi connectivity index (χ2n) is 3.93. The summed E-state index contributed by atoms with van der Waals surface area (Å²) in [5.74, 6) is -0.0111. The standard InChI is InChI=1S/C14H18O3/c1-17-14(16)11-7-3-6-10-13(15)12-8-4-2-5-9-12/h2,4-5,8-9H,3,6-7,10-11H2,1H3. The van der Waals surface area contributed by atoms with E-state index in [9.17, 15) is 9.59 Å². The van der Waals surface area contributed by atoms with E-state index in [0.717, 1.165) is 24.8 Å². The summed E-state index contributed by atoms with van der Waals surface area (Å²) in [5.41, 5.74) is 0.764. The molecule has 0 aliphatic heterocycles. The lowest BCUT2D eigenvalue weighted by Gasteiger charge is -2.01. The Morgan fingerprint density at radius 2 is 1.65 bits per heavy atom. The highest BCUT2D eigenvalue weighted by atomic mass is 16.5. The summed E-state index contributed by atoms with van der Waals surface area (Å²) in [6.07, 6.45) is 3.48. The molecular formula is C14H18O3. The molecule has 3 nitrogen and oxygen atoms in total. The van der Waals surface area contributed by atoms with Crippen LogP contribution in [0, 0.1) is 0 Å². The van der Waals surface area contributed by atoms with Gasteiger partial charge in [-0.3, -0.25) is 9.59 Å². The quantitative estimate of drug-likeness (QED) is 0.414. The van der Waals surface area contributed by atoms with Gasteiger partial charge in [0.05, 0.1) is 7.11 Å². The van der Waals surface area contributed by atoms with Crippen LogP contribution in [0.2, 0.25) is 0 Å². The minimum Gasteiger partial charge on any atom is -0.469 e. The number of esters is 1. The van der Waals surface area contributed by atoms with Gasteiger partial charge in [0.2, 0.25) is 0 Å². The maximum atomic E-state index is 11.7. The van der Waals surface area contributed by atoms with Gasteiger partial charge in [-0.15, -0.1) is 0 Å². The molecular weight excluding hydrogens is 216 g/mol. The fourth-order valence-corrected chi connectivity index (χ4v) is 1.60. The predicted molar refractivity (Wildman–Crippen MR) is 65.9 cm³/mol. The van der Waals surface area contributed by atoms with Crippen molar-refractivity contribution in [2.75, 3.05) is 7.11 Å². The van der Waals surface area contributed by atoms with Crippen LogP contribution in [0.25, 0.3) is 0 Å². The minimum absolute atomic E-state index is 0.170. The van der Waals surface area contributed by atoms with Crippen molar-refractivity contribution in [1.29, 1.82) is 0 Å². The number of Topliss-reactive ketones (excluding diaryl/α,β-unsaturated/α-hetero) is 1. The number of carbonyl (C=O) groups is 2. The van der Waals surface area contributed by atoms with Crippen molar-refractivity contribution < 1.29 is 14.3 Å². The zero-order valence-electron chi connectivity index (χ0n) is 10.1. The van der Waals surface area contributed by atoms with E-state index in [1.54, 1.807) is 0 Å². The Hall–Kier alpha value is -1.64. The summed E-state index contributed by atoms with van der Waals surface area (Å²) in [5, 5.41) is 0. The van der Waals surface area contributed by atoms with Gasteiger partial charge in [-0.25, -0.2) is 0 Å². The highest BCUT2D eigenvalue weighted by Crippen LogP contribution is 2.09. The van der Waals surface area contributed by atoms with E-state index in [1.165, 1.54) is 7.11 Å². The highest BCUT2D eigenvalue weighted by molar-refractivity contribution is 5.95. The molecule has 92 valence electrons. The lowest BCUT2D eigenvalue weighted by molar-refractivity contribution is -0.140. The van der Waals surface area contributed by atoms with E-state index in [1.807, 2.05) is 30.3 Å². The van der Waals surface area contributed by atoms with Gasteiger partial charge in [0.25, 0.3) is 0 Å². The van der Waals surface area contributed by atoms with Gasteiger partial charge >= 0.3 is 5.97 Å². The topological polar surface area (TPSA) is 43.4 Å². The lowest BCUT2D eigenvalue weighted by Crippen LogP contribution is -2.01. The second kappa shape index (κ2) is 7.60. The molecule has 0 atom stereocenters. The molecule has 0 aliphatic carbocycles. The van der Waals surface area contributed by atoms with Gasteiger partial charge < -0.3 is 4.74 Å². The van der Waals surface area contributed by atoms with Gasteiger partial charge in [-0.1, -0.05) is 36.8 Å². The first kappa shape index (κ1) is 13.4. The molecule has 0 radical (unpaired) electrons. The van der Waals surface area contributed by atoms with E-state index in [2.05, 4.69) is 4.74 Å². The van der Waals surface area contributed by atoms with Crippen LogP contribution in [0.15, 0.2) is 30.3 Å².